The molecular weight excluding hydrogens is 324 g/mol. The number of aliphatic hydroxyl groups excluding tert-OH is 1. The Morgan fingerprint density at radius 2 is 2.08 bits per heavy atom. The summed E-state index contributed by atoms with van der Waals surface area (Å²) in [7, 11) is 0. The first-order chi connectivity index (χ1) is 12.2. The van der Waals surface area contributed by atoms with E-state index < -0.39 is 12.3 Å². The Morgan fingerprint density at radius 3 is 2.80 bits per heavy atom. The van der Waals surface area contributed by atoms with Gasteiger partial charge in [0.25, 0.3) is 0 Å². The van der Waals surface area contributed by atoms with Crippen LogP contribution in [0.2, 0.25) is 0 Å². The smallest absolute Gasteiger partial charge is 0.373 e. The molecule has 0 aromatic heterocycles. The van der Waals surface area contributed by atoms with Gasteiger partial charge in [0.2, 0.25) is 12.0 Å². The number of benzene rings is 1. The maximum absolute atomic E-state index is 12.1. The van der Waals surface area contributed by atoms with Gasteiger partial charge in [-0.15, -0.1) is 0 Å². The van der Waals surface area contributed by atoms with E-state index >= 15 is 0 Å². The minimum Gasteiger partial charge on any atom is -0.458 e. The van der Waals surface area contributed by atoms with Crippen LogP contribution < -0.4 is 0 Å². The number of allylic oxidation sites excluding steroid dienone is 1. The highest BCUT2D eigenvalue weighted by Gasteiger charge is 2.29. The van der Waals surface area contributed by atoms with Crippen molar-refractivity contribution >= 4 is 5.97 Å². The minimum atomic E-state index is -0.570. The summed E-state index contributed by atoms with van der Waals surface area (Å²) in [5, 5.41) is 8.69. The highest BCUT2D eigenvalue weighted by atomic mass is 16.7. The molecular formula is C19H24O6. The topological polar surface area (TPSA) is 74.2 Å². The summed E-state index contributed by atoms with van der Waals surface area (Å²) in [6.07, 6.45) is 3.28. The van der Waals surface area contributed by atoms with Crippen LogP contribution in [-0.4, -0.2) is 50.4 Å². The maximum Gasteiger partial charge on any atom is 0.373 e. The Morgan fingerprint density at radius 1 is 1.28 bits per heavy atom. The molecule has 0 saturated carbocycles. The fourth-order valence-corrected chi connectivity index (χ4v) is 2.45. The molecule has 6 nitrogen and oxygen atoms in total. The normalized spacial score (nSPS) is 19.6. The van der Waals surface area contributed by atoms with Gasteiger partial charge >= 0.3 is 5.97 Å². The quantitative estimate of drug-likeness (QED) is 0.397. The number of esters is 1. The summed E-state index contributed by atoms with van der Waals surface area (Å²) in [4.78, 5) is 12.1. The second kappa shape index (κ2) is 10.7. The van der Waals surface area contributed by atoms with Crippen molar-refractivity contribution < 1.29 is 28.8 Å². The first-order valence-corrected chi connectivity index (χ1v) is 8.26. The van der Waals surface area contributed by atoms with Crippen molar-refractivity contribution in [3.05, 3.63) is 60.4 Å². The van der Waals surface area contributed by atoms with Gasteiger partial charge in [0, 0.05) is 12.3 Å². The number of rotatable bonds is 10. The van der Waals surface area contributed by atoms with Crippen LogP contribution in [0.5, 0.6) is 0 Å². The second-order valence-electron chi connectivity index (χ2n) is 5.43. The molecule has 0 unspecified atom stereocenters. The number of ether oxygens (including phenoxy) is 4. The van der Waals surface area contributed by atoms with Crippen LogP contribution in [0.3, 0.4) is 0 Å². The molecule has 2 atom stereocenters. The summed E-state index contributed by atoms with van der Waals surface area (Å²) in [6.45, 7) is 4.53. The first-order valence-electron chi connectivity index (χ1n) is 8.26. The van der Waals surface area contributed by atoms with E-state index in [1.165, 1.54) is 6.08 Å². The third kappa shape index (κ3) is 6.34. The SMILES string of the molecule is C=CCOC(=O)C1=C[C@H](c2ccccc2)C[C@H](OCCOCCO)O1. The predicted molar refractivity (Wildman–Crippen MR) is 91.8 cm³/mol. The van der Waals surface area contributed by atoms with Crippen LogP contribution in [0.1, 0.15) is 17.9 Å². The molecule has 0 amide bonds. The molecule has 0 aliphatic carbocycles. The van der Waals surface area contributed by atoms with Gasteiger partial charge in [0.1, 0.15) is 6.61 Å². The molecule has 1 aromatic rings. The fourth-order valence-electron chi connectivity index (χ4n) is 2.45. The van der Waals surface area contributed by atoms with E-state index in [9.17, 15) is 4.79 Å². The van der Waals surface area contributed by atoms with Crippen molar-refractivity contribution in [2.75, 3.05) is 33.0 Å². The van der Waals surface area contributed by atoms with E-state index in [1.54, 1.807) is 6.08 Å². The van der Waals surface area contributed by atoms with E-state index in [1.807, 2.05) is 30.3 Å². The van der Waals surface area contributed by atoms with Crippen molar-refractivity contribution in [2.24, 2.45) is 0 Å². The zero-order valence-electron chi connectivity index (χ0n) is 14.1. The molecule has 25 heavy (non-hydrogen) atoms. The minimum absolute atomic E-state index is 0.00964. The lowest BCUT2D eigenvalue weighted by Gasteiger charge is -2.29. The predicted octanol–water partition coefficient (Wildman–Crippen LogP) is 2.16. The first kappa shape index (κ1) is 19.2. The number of hydrogen-bond donors (Lipinski definition) is 1. The van der Waals surface area contributed by atoms with E-state index in [-0.39, 0.29) is 31.5 Å². The van der Waals surface area contributed by atoms with E-state index in [0.29, 0.717) is 19.6 Å². The average molecular weight is 348 g/mol. The third-order valence-corrected chi connectivity index (χ3v) is 3.59. The number of aliphatic hydroxyl groups is 1. The molecule has 1 aliphatic rings. The highest BCUT2D eigenvalue weighted by molar-refractivity contribution is 5.86. The maximum atomic E-state index is 12.1. The molecule has 1 aromatic carbocycles. The number of hydrogen-bond acceptors (Lipinski definition) is 6. The van der Waals surface area contributed by atoms with Crippen molar-refractivity contribution in [1.82, 2.24) is 0 Å². The van der Waals surface area contributed by atoms with E-state index in [0.717, 1.165) is 5.56 Å². The molecule has 0 radical (unpaired) electrons. The zero-order chi connectivity index (χ0) is 17.9. The Hall–Kier alpha value is -2.15. The summed E-state index contributed by atoms with van der Waals surface area (Å²) in [5.74, 6) is -0.404. The molecule has 0 spiro atoms. The van der Waals surface area contributed by atoms with Crippen molar-refractivity contribution in [3.8, 4) is 0 Å². The van der Waals surface area contributed by atoms with Crippen LogP contribution in [0.25, 0.3) is 0 Å². The Labute approximate surface area is 147 Å². The largest absolute Gasteiger partial charge is 0.458 e. The van der Waals surface area contributed by atoms with E-state index in [4.69, 9.17) is 24.1 Å². The van der Waals surface area contributed by atoms with Gasteiger partial charge in [-0.05, 0) is 11.6 Å². The van der Waals surface area contributed by atoms with Crippen LogP contribution in [-0.2, 0) is 23.7 Å². The Balaban J connectivity index is 2.02. The van der Waals surface area contributed by atoms with Gasteiger partial charge < -0.3 is 24.1 Å². The zero-order valence-corrected chi connectivity index (χ0v) is 14.1. The lowest BCUT2D eigenvalue weighted by Crippen LogP contribution is -2.29. The van der Waals surface area contributed by atoms with Crippen LogP contribution in [0.15, 0.2) is 54.8 Å². The molecule has 1 N–H and O–H groups in total. The van der Waals surface area contributed by atoms with Crippen LogP contribution >= 0.6 is 0 Å². The van der Waals surface area contributed by atoms with Crippen LogP contribution in [0.4, 0.5) is 0 Å². The van der Waals surface area contributed by atoms with Crippen molar-refractivity contribution in [3.63, 3.8) is 0 Å². The second-order valence-corrected chi connectivity index (χ2v) is 5.43. The summed E-state index contributed by atoms with van der Waals surface area (Å²) in [6, 6.07) is 9.85. The molecule has 136 valence electrons. The molecule has 0 fully saturated rings. The molecule has 6 heteroatoms. The molecule has 2 rings (SSSR count). The third-order valence-electron chi connectivity index (χ3n) is 3.59. The Kier molecular flexibility index (Phi) is 8.18. The Bertz CT molecular complexity index is 569. The van der Waals surface area contributed by atoms with Gasteiger partial charge in [-0.3, -0.25) is 0 Å². The van der Waals surface area contributed by atoms with Gasteiger partial charge in [0.15, 0.2) is 0 Å². The lowest BCUT2D eigenvalue weighted by atomic mass is 9.93. The molecule has 0 saturated heterocycles. The van der Waals surface area contributed by atoms with Crippen molar-refractivity contribution in [2.45, 2.75) is 18.6 Å². The highest BCUT2D eigenvalue weighted by Crippen LogP contribution is 2.31. The molecule has 0 bridgehead atoms. The van der Waals surface area contributed by atoms with Crippen molar-refractivity contribution in [1.29, 1.82) is 0 Å². The summed E-state index contributed by atoms with van der Waals surface area (Å²) < 4.78 is 21.5. The number of carbonyl (C=O) groups excluding carboxylic acids is 1. The van der Waals surface area contributed by atoms with Gasteiger partial charge in [-0.2, -0.15) is 0 Å². The molecule has 1 aliphatic heterocycles. The average Bonchev–Trinajstić information content (AvgIpc) is 2.66. The number of carbonyl (C=O) groups is 1. The fraction of sp³-hybridized carbons (Fsp3) is 0.421. The summed E-state index contributed by atoms with van der Waals surface area (Å²) in [5.41, 5.74) is 1.07. The van der Waals surface area contributed by atoms with Crippen LogP contribution in [0, 0.1) is 0 Å². The monoisotopic (exact) mass is 348 g/mol. The van der Waals surface area contributed by atoms with Gasteiger partial charge in [-0.25, -0.2) is 4.79 Å². The standard InChI is InChI=1S/C19H24O6/c1-2-9-24-19(21)17-13-16(15-6-4-3-5-7-15)14-18(25-17)23-12-11-22-10-8-20/h2-7,13,16,18,20H,1,8-12,14H2/t16-,18+/m0/s1. The van der Waals surface area contributed by atoms with E-state index in [2.05, 4.69) is 6.58 Å². The van der Waals surface area contributed by atoms with Gasteiger partial charge in [0.05, 0.1) is 26.4 Å². The lowest BCUT2D eigenvalue weighted by molar-refractivity contribution is -0.163. The molecule has 1 heterocycles. The summed E-state index contributed by atoms with van der Waals surface area (Å²) >= 11 is 0. The van der Waals surface area contributed by atoms with Gasteiger partial charge in [-0.1, -0.05) is 43.0 Å².